The second-order valence-electron chi connectivity index (χ2n) is 3.95. The summed E-state index contributed by atoms with van der Waals surface area (Å²) in [5.74, 6) is 0. The first kappa shape index (κ1) is 13.8. The zero-order chi connectivity index (χ0) is 12.8. The molecular formula is C11H16ClN3O2S. The summed E-state index contributed by atoms with van der Waals surface area (Å²) in [5, 5.41) is 1.30. The van der Waals surface area contributed by atoms with E-state index in [9.17, 15) is 0 Å². The van der Waals surface area contributed by atoms with E-state index < -0.39 is 0 Å². The molecule has 18 heavy (non-hydrogen) atoms. The van der Waals surface area contributed by atoms with E-state index in [1.54, 1.807) is 11.8 Å². The Labute approximate surface area is 116 Å². The summed E-state index contributed by atoms with van der Waals surface area (Å²) in [6, 6.07) is 0.311. The zero-order valence-corrected chi connectivity index (χ0v) is 11.8. The molecule has 5 nitrogen and oxygen atoms in total. The molecule has 7 heteroatoms. The van der Waals surface area contributed by atoms with Gasteiger partial charge in [-0.25, -0.2) is 0 Å². The Balaban J connectivity index is 1.99. The highest BCUT2D eigenvalue weighted by Crippen LogP contribution is 2.28. The van der Waals surface area contributed by atoms with Crippen LogP contribution in [0.15, 0.2) is 5.16 Å². The maximum atomic E-state index is 5.87. The predicted molar refractivity (Wildman–Crippen MR) is 70.3 cm³/mol. The van der Waals surface area contributed by atoms with Gasteiger partial charge in [0.15, 0.2) is 5.16 Å². The minimum absolute atomic E-state index is 0.186. The average Bonchev–Trinajstić information content (AvgIpc) is 2.37. The van der Waals surface area contributed by atoms with Crippen LogP contribution < -0.4 is 4.74 Å². The topological polar surface area (TPSA) is 57.1 Å². The van der Waals surface area contributed by atoms with Gasteiger partial charge in [-0.05, 0) is 30.9 Å². The SMILES string of the molecule is CCCOc1nc(Cl)nc(SC2CCOCC2)n1. The summed E-state index contributed by atoms with van der Waals surface area (Å²) in [6.07, 6.45) is 2.93. The third-order valence-electron chi connectivity index (χ3n) is 2.44. The molecule has 0 amide bonds. The molecular weight excluding hydrogens is 274 g/mol. The van der Waals surface area contributed by atoms with E-state index >= 15 is 0 Å². The third-order valence-corrected chi connectivity index (χ3v) is 3.81. The van der Waals surface area contributed by atoms with E-state index in [4.69, 9.17) is 21.1 Å². The number of rotatable bonds is 5. The number of ether oxygens (including phenoxy) is 2. The molecule has 0 aliphatic carbocycles. The van der Waals surface area contributed by atoms with E-state index in [1.165, 1.54) is 0 Å². The van der Waals surface area contributed by atoms with Crippen molar-refractivity contribution in [2.24, 2.45) is 0 Å². The van der Waals surface area contributed by atoms with Crippen LogP contribution in [-0.4, -0.2) is 40.0 Å². The Kier molecular flexibility index (Phi) is 5.46. The lowest BCUT2D eigenvalue weighted by Gasteiger charge is -2.20. The van der Waals surface area contributed by atoms with E-state index in [-0.39, 0.29) is 5.28 Å². The van der Waals surface area contributed by atoms with Crippen molar-refractivity contribution in [3.63, 3.8) is 0 Å². The normalized spacial score (nSPS) is 16.8. The van der Waals surface area contributed by atoms with Gasteiger partial charge in [-0.15, -0.1) is 0 Å². The highest BCUT2D eigenvalue weighted by molar-refractivity contribution is 7.99. The van der Waals surface area contributed by atoms with Crippen molar-refractivity contribution in [2.45, 2.75) is 36.6 Å². The van der Waals surface area contributed by atoms with Crippen molar-refractivity contribution in [1.82, 2.24) is 15.0 Å². The molecule has 0 spiro atoms. The molecule has 0 saturated carbocycles. The largest absolute Gasteiger partial charge is 0.463 e. The molecule has 1 aromatic heterocycles. The quantitative estimate of drug-likeness (QED) is 0.830. The first-order valence-electron chi connectivity index (χ1n) is 6.06. The van der Waals surface area contributed by atoms with Crippen LogP contribution in [0, 0.1) is 0 Å². The van der Waals surface area contributed by atoms with Crippen LogP contribution in [0.4, 0.5) is 0 Å². The molecule has 1 fully saturated rings. The van der Waals surface area contributed by atoms with Crippen molar-refractivity contribution in [1.29, 1.82) is 0 Å². The number of aromatic nitrogens is 3. The van der Waals surface area contributed by atoms with Crippen molar-refractivity contribution in [3.8, 4) is 6.01 Å². The second kappa shape index (κ2) is 7.11. The third kappa shape index (κ3) is 4.26. The Hall–Kier alpha value is -0.590. The first-order chi connectivity index (χ1) is 8.78. The highest BCUT2D eigenvalue weighted by atomic mass is 35.5. The summed E-state index contributed by atoms with van der Waals surface area (Å²) in [4.78, 5) is 12.3. The minimum Gasteiger partial charge on any atom is -0.463 e. The van der Waals surface area contributed by atoms with Crippen LogP contribution >= 0.6 is 23.4 Å². The number of hydrogen-bond donors (Lipinski definition) is 0. The maximum Gasteiger partial charge on any atom is 0.321 e. The van der Waals surface area contributed by atoms with Crippen LogP contribution in [0.25, 0.3) is 0 Å². The molecule has 0 unspecified atom stereocenters. The smallest absolute Gasteiger partial charge is 0.321 e. The van der Waals surface area contributed by atoms with Gasteiger partial charge in [0.25, 0.3) is 0 Å². The van der Waals surface area contributed by atoms with E-state index in [2.05, 4.69) is 15.0 Å². The second-order valence-corrected chi connectivity index (χ2v) is 5.55. The molecule has 2 heterocycles. The van der Waals surface area contributed by atoms with Gasteiger partial charge < -0.3 is 9.47 Å². The predicted octanol–water partition coefficient (Wildman–Crippen LogP) is 2.58. The number of thioether (sulfide) groups is 1. The summed E-state index contributed by atoms with van der Waals surface area (Å²) >= 11 is 7.49. The fourth-order valence-corrected chi connectivity index (χ4v) is 2.77. The molecule has 0 aromatic carbocycles. The number of hydrogen-bond acceptors (Lipinski definition) is 6. The molecule has 1 aliphatic heterocycles. The molecule has 1 aliphatic rings. The number of halogens is 1. The van der Waals surface area contributed by atoms with Gasteiger partial charge in [0.05, 0.1) is 6.61 Å². The van der Waals surface area contributed by atoms with Gasteiger partial charge in [0, 0.05) is 18.5 Å². The Morgan fingerprint density at radius 1 is 1.33 bits per heavy atom. The summed E-state index contributed by atoms with van der Waals surface area (Å²) < 4.78 is 10.7. The van der Waals surface area contributed by atoms with Crippen molar-refractivity contribution >= 4 is 23.4 Å². The van der Waals surface area contributed by atoms with Crippen LogP contribution in [0.5, 0.6) is 6.01 Å². The van der Waals surface area contributed by atoms with Gasteiger partial charge in [0.1, 0.15) is 0 Å². The van der Waals surface area contributed by atoms with Gasteiger partial charge in [-0.2, -0.15) is 15.0 Å². The van der Waals surface area contributed by atoms with E-state index in [0.29, 0.717) is 23.0 Å². The lowest BCUT2D eigenvalue weighted by atomic mass is 10.2. The fourth-order valence-electron chi connectivity index (χ4n) is 1.57. The van der Waals surface area contributed by atoms with Crippen LogP contribution in [-0.2, 0) is 4.74 Å². The van der Waals surface area contributed by atoms with Gasteiger partial charge >= 0.3 is 6.01 Å². The van der Waals surface area contributed by atoms with Crippen LogP contribution in [0.3, 0.4) is 0 Å². The average molecular weight is 290 g/mol. The molecule has 0 bridgehead atoms. The fraction of sp³-hybridized carbons (Fsp3) is 0.727. The lowest BCUT2D eigenvalue weighted by molar-refractivity contribution is 0.1000. The molecule has 2 rings (SSSR count). The van der Waals surface area contributed by atoms with Crippen LogP contribution in [0.2, 0.25) is 5.28 Å². The highest BCUT2D eigenvalue weighted by Gasteiger charge is 2.17. The molecule has 100 valence electrons. The van der Waals surface area contributed by atoms with Crippen LogP contribution in [0.1, 0.15) is 26.2 Å². The monoisotopic (exact) mass is 289 g/mol. The molecule has 0 radical (unpaired) electrons. The Morgan fingerprint density at radius 3 is 2.83 bits per heavy atom. The van der Waals surface area contributed by atoms with E-state index in [0.717, 1.165) is 32.5 Å². The summed E-state index contributed by atoms with van der Waals surface area (Å²) in [5.41, 5.74) is 0. The maximum absolute atomic E-state index is 5.87. The summed E-state index contributed by atoms with van der Waals surface area (Å²) in [6.45, 7) is 4.22. The number of nitrogens with zero attached hydrogens (tertiary/aromatic N) is 3. The molecule has 1 aromatic rings. The molecule has 0 N–H and O–H groups in total. The zero-order valence-electron chi connectivity index (χ0n) is 10.3. The lowest BCUT2D eigenvalue weighted by Crippen LogP contribution is -2.17. The minimum atomic E-state index is 0.186. The van der Waals surface area contributed by atoms with E-state index in [1.807, 2.05) is 6.92 Å². The standard InChI is InChI=1S/C11H16ClN3O2S/c1-2-5-17-10-13-9(12)14-11(15-10)18-8-3-6-16-7-4-8/h8H,2-7H2,1H3. The van der Waals surface area contributed by atoms with Gasteiger partial charge in [-0.3, -0.25) is 0 Å². The van der Waals surface area contributed by atoms with Gasteiger partial charge in [-0.1, -0.05) is 18.7 Å². The Morgan fingerprint density at radius 2 is 2.11 bits per heavy atom. The van der Waals surface area contributed by atoms with Crippen molar-refractivity contribution in [3.05, 3.63) is 5.28 Å². The van der Waals surface area contributed by atoms with Crippen molar-refractivity contribution < 1.29 is 9.47 Å². The molecule has 1 saturated heterocycles. The summed E-state index contributed by atoms with van der Waals surface area (Å²) in [7, 11) is 0. The Bertz CT molecular complexity index is 389. The first-order valence-corrected chi connectivity index (χ1v) is 7.32. The van der Waals surface area contributed by atoms with Crippen molar-refractivity contribution in [2.75, 3.05) is 19.8 Å². The van der Waals surface area contributed by atoms with Gasteiger partial charge in [0.2, 0.25) is 5.28 Å². The molecule has 0 atom stereocenters.